The summed E-state index contributed by atoms with van der Waals surface area (Å²) in [5, 5.41) is 0. The van der Waals surface area contributed by atoms with Crippen LogP contribution in [0.1, 0.15) is 5.56 Å². The van der Waals surface area contributed by atoms with Gasteiger partial charge in [-0.3, -0.25) is 4.40 Å². The fraction of sp³-hybridized carbons (Fsp3) is 0.0714. The highest BCUT2D eigenvalue weighted by atomic mass is 79.9. The summed E-state index contributed by atoms with van der Waals surface area (Å²) in [6, 6.07) is 7.68. The van der Waals surface area contributed by atoms with E-state index in [-0.39, 0.29) is 0 Å². The number of hydrogen-bond donors (Lipinski definition) is 0. The molecule has 0 N–H and O–H groups in total. The van der Waals surface area contributed by atoms with Crippen LogP contribution in [0.4, 0.5) is 8.78 Å². The molecule has 1 aromatic carbocycles. The van der Waals surface area contributed by atoms with E-state index in [1.54, 1.807) is 0 Å². The van der Waals surface area contributed by atoms with Crippen molar-refractivity contribution in [3.63, 3.8) is 0 Å². The van der Waals surface area contributed by atoms with Crippen molar-refractivity contribution in [2.45, 2.75) is 6.92 Å². The smallest absolute Gasteiger partial charge is 0.159 e. The van der Waals surface area contributed by atoms with Crippen LogP contribution in [0.25, 0.3) is 16.9 Å². The molecule has 0 saturated heterocycles. The van der Waals surface area contributed by atoms with Gasteiger partial charge in [0, 0.05) is 11.8 Å². The summed E-state index contributed by atoms with van der Waals surface area (Å²) in [4.78, 5) is 4.36. The molecule has 0 fully saturated rings. The summed E-state index contributed by atoms with van der Waals surface area (Å²) in [7, 11) is 0. The molecule has 2 heterocycles. The lowest BCUT2D eigenvalue weighted by atomic mass is 10.2. The molecule has 0 radical (unpaired) electrons. The van der Waals surface area contributed by atoms with Crippen LogP contribution in [-0.2, 0) is 0 Å². The van der Waals surface area contributed by atoms with E-state index in [9.17, 15) is 8.78 Å². The van der Waals surface area contributed by atoms with E-state index in [4.69, 9.17) is 0 Å². The molecule has 3 aromatic rings. The normalized spacial score (nSPS) is 11.2. The molecule has 0 atom stereocenters. The van der Waals surface area contributed by atoms with E-state index < -0.39 is 11.6 Å². The number of halogens is 3. The van der Waals surface area contributed by atoms with Crippen LogP contribution in [0.2, 0.25) is 0 Å². The first kappa shape index (κ1) is 12.3. The topological polar surface area (TPSA) is 17.3 Å². The quantitative estimate of drug-likeness (QED) is 0.651. The molecule has 0 aliphatic heterocycles. The third kappa shape index (κ3) is 2.04. The zero-order valence-electron chi connectivity index (χ0n) is 9.99. The van der Waals surface area contributed by atoms with Crippen molar-refractivity contribution >= 4 is 21.4 Å². The lowest BCUT2D eigenvalue weighted by Gasteiger charge is -2.02. The lowest BCUT2D eigenvalue weighted by Crippen LogP contribution is -1.91. The van der Waals surface area contributed by atoms with Gasteiger partial charge in [-0.2, -0.15) is 0 Å². The average Bonchev–Trinajstić information content (AvgIpc) is 2.70. The van der Waals surface area contributed by atoms with Crippen LogP contribution in [0, 0.1) is 18.6 Å². The van der Waals surface area contributed by atoms with Gasteiger partial charge in [0.1, 0.15) is 10.4 Å². The lowest BCUT2D eigenvalue weighted by molar-refractivity contribution is 0.509. The number of fused-ring (bicyclic) bond motifs is 1. The molecule has 0 aliphatic rings. The van der Waals surface area contributed by atoms with Crippen molar-refractivity contribution in [1.82, 2.24) is 9.38 Å². The summed E-state index contributed by atoms with van der Waals surface area (Å²) < 4.78 is 28.8. The molecule has 2 nitrogen and oxygen atoms in total. The van der Waals surface area contributed by atoms with Crippen LogP contribution >= 0.6 is 15.9 Å². The summed E-state index contributed by atoms with van der Waals surface area (Å²) in [6.45, 7) is 1.98. The summed E-state index contributed by atoms with van der Waals surface area (Å²) in [5.41, 5.74) is 2.52. The average molecular weight is 323 g/mol. The number of aromatic nitrogens is 2. The van der Waals surface area contributed by atoms with Gasteiger partial charge in [-0.15, -0.1) is 0 Å². The second-order valence-electron chi connectivity index (χ2n) is 4.31. The van der Waals surface area contributed by atoms with Crippen LogP contribution < -0.4 is 0 Å². The first-order valence-corrected chi connectivity index (χ1v) is 6.45. The Bertz CT molecular complexity index is 780. The molecule has 2 aromatic heterocycles. The standard InChI is InChI=1S/C14H9BrF2N2/c1-8-4-5-19-12(6-8)13(15)18-14(19)9-2-3-10(16)11(17)7-9/h2-7H,1H3. The Kier molecular flexibility index (Phi) is 2.86. The Morgan fingerprint density at radius 1 is 1.11 bits per heavy atom. The van der Waals surface area contributed by atoms with E-state index in [0.29, 0.717) is 16.0 Å². The molecule has 3 rings (SSSR count). The van der Waals surface area contributed by atoms with Gasteiger partial charge >= 0.3 is 0 Å². The summed E-state index contributed by atoms with van der Waals surface area (Å²) >= 11 is 3.38. The Morgan fingerprint density at radius 3 is 2.63 bits per heavy atom. The van der Waals surface area contributed by atoms with Crippen LogP contribution in [0.15, 0.2) is 41.1 Å². The van der Waals surface area contributed by atoms with Gasteiger partial charge in [-0.25, -0.2) is 13.8 Å². The van der Waals surface area contributed by atoms with Crippen LogP contribution in [0.5, 0.6) is 0 Å². The maximum absolute atomic E-state index is 13.3. The third-order valence-electron chi connectivity index (χ3n) is 2.93. The first-order valence-electron chi connectivity index (χ1n) is 5.66. The monoisotopic (exact) mass is 322 g/mol. The Balaban J connectivity index is 2.28. The first-order chi connectivity index (χ1) is 9.06. The van der Waals surface area contributed by atoms with Gasteiger partial charge in [0.2, 0.25) is 0 Å². The van der Waals surface area contributed by atoms with E-state index in [0.717, 1.165) is 23.2 Å². The van der Waals surface area contributed by atoms with E-state index in [2.05, 4.69) is 20.9 Å². The third-order valence-corrected chi connectivity index (χ3v) is 3.52. The predicted molar refractivity (Wildman–Crippen MR) is 73.0 cm³/mol. The van der Waals surface area contributed by atoms with Crippen molar-refractivity contribution < 1.29 is 8.78 Å². The molecule has 19 heavy (non-hydrogen) atoms. The Morgan fingerprint density at radius 2 is 1.89 bits per heavy atom. The van der Waals surface area contributed by atoms with Crippen molar-refractivity contribution in [2.75, 3.05) is 0 Å². The molecule has 0 aliphatic carbocycles. The fourth-order valence-electron chi connectivity index (χ4n) is 1.99. The SMILES string of the molecule is Cc1ccn2c(-c3ccc(F)c(F)c3)nc(Br)c2c1. The molecule has 0 amide bonds. The highest BCUT2D eigenvalue weighted by molar-refractivity contribution is 9.10. The number of nitrogens with zero attached hydrogens (tertiary/aromatic N) is 2. The van der Waals surface area contributed by atoms with Crippen LogP contribution in [-0.4, -0.2) is 9.38 Å². The number of aryl methyl sites for hydroxylation is 1. The fourth-order valence-corrected chi connectivity index (χ4v) is 2.47. The molecular formula is C14H9BrF2N2. The molecule has 0 unspecified atom stereocenters. The number of benzene rings is 1. The molecule has 5 heteroatoms. The zero-order valence-corrected chi connectivity index (χ0v) is 11.6. The number of pyridine rings is 1. The highest BCUT2D eigenvalue weighted by Gasteiger charge is 2.12. The maximum Gasteiger partial charge on any atom is 0.159 e. The van der Waals surface area contributed by atoms with Gasteiger partial charge in [-0.1, -0.05) is 0 Å². The largest absolute Gasteiger partial charge is 0.299 e. The van der Waals surface area contributed by atoms with Crippen molar-refractivity contribution in [3.05, 3.63) is 58.3 Å². The minimum Gasteiger partial charge on any atom is -0.299 e. The number of imidazole rings is 1. The Hall–Kier alpha value is -1.75. The predicted octanol–water partition coefficient (Wildman–Crippen LogP) is 4.35. The molecule has 0 saturated carbocycles. The highest BCUT2D eigenvalue weighted by Crippen LogP contribution is 2.27. The minimum absolute atomic E-state index is 0.531. The number of rotatable bonds is 1. The van der Waals surface area contributed by atoms with Crippen LogP contribution in [0.3, 0.4) is 0 Å². The van der Waals surface area contributed by atoms with Gasteiger partial charge in [-0.05, 0) is 58.7 Å². The van der Waals surface area contributed by atoms with E-state index in [1.807, 2.05) is 29.7 Å². The molecule has 96 valence electrons. The summed E-state index contributed by atoms with van der Waals surface area (Å²) in [6.07, 6.45) is 1.86. The van der Waals surface area contributed by atoms with Crippen molar-refractivity contribution in [1.29, 1.82) is 0 Å². The van der Waals surface area contributed by atoms with Gasteiger partial charge in [0.25, 0.3) is 0 Å². The maximum atomic E-state index is 13.3. The zero-order chi connectivity index (χ0) is 13.6. The van der Waals surface area contributed by atoms with E-state index in [1.165, 1.54) is 6.07 Å². The summed E-state index contributed by atoms with van der Waals surface area (Å²) in [5.74, 6) is -1.17. The number of hydrogen-bond acceptors (Lipinski definition) is 1. The van der Waals surface area contributed by atoms with Gasteiger partial charge < -0.3 is 0 Å². The second-order valence-corrected chi connectivity index (χ2v) is 5.07. The van der Waals surface area contributed by atoms with Crippen molar-refractivity contribution in [3.8, 4) is 11.4 Å². The molecule has 0 spiro atoms. The van der Waals surface area contributed by atoms with E-state index >= 15 is 0 Å². The van der Waals surface area contributed by atoms with Crippen molar-refractivity contribution in [2.24, 2.45) is 0 Å². The second kappa shape index (κ2) is 4.42. The molecule has 0 bridgehead atoms. The molecular weight excluding hydrogens is 314 g/mol. The Labute approximate surface area is 116 Å². The van der Waals surface area contributed by atoms with Gasteiger partial charge in [0.15, 0.2) is 11.6 Å². The van der Waals surface area contributed by atoms with Gasteiger partial charge in [0.05, 0.1) is 5.52 Å². The minimum atomic E-state index is -0.877.